The molecule has 0 aliphatic carbocycles. The number of aryl methyl sites for hydroxylation is 1. The number of H-pyrrole nitrogens is 1. The van der Waals surface area contributed by atoms with Gasteiger partial charge in [0.15, 0.2) is 9.84 Å². The van der Waals surface area contributed by atoms with Gasteiger partial charge < -0.3 is 19.8 Å². The van der Waals surface area contributed by atoms with Crippen molar-refractivity contribution in [3.05, 3.63) is 81.8 Å². The maximum absolute atomic E-state index is 13.5. The molecule has 0 spiro atoms. The Kier molecular flexibility index (Phi) is 9.48. The highest BCUT2D eigenvalue weighted by Crippen LogP contribution is 2.33. The van der Waals surface area contributed by atoms with Crippen molar-refractivity contribution in [2.75, 3.05) is 6.61 Å². The van der Waals surface area contributed by atoms with Crippen LogP contribution in [0.3, 0.4) is 0 Å². The summed E-state index contributed by atoms with van der Waals surface area (Å²) in [7, 11) is -3.83. The van der Waals surface area contributed by atoms with E-state index in [9.17, 15) is 22.8 Å². The van der Waals surface area contributed by atoms with Gasteiger partial charge >= 0.3 is 11.9 Å². The molecule has 41 heavy (non-hydrogen) atoms. The van der Waals surface area contributed by atoms with Crippen LogP contribution < -0.4 is 5.32 Å². The molecule has 1 aromatic carbocycles. The van der Waals surface area contributed by atoms with E-state index < -0.39 is 38.5 Å². The number of carbonyl (C=O) groups excluding carboxylic acids is 3. The molecule has 2 aromatic rings. The van der Waals surface area contributed by atoms with Gasteiger partial charge in [0.25, 0.3) is 5.91 Å². The molecule has 0 fully saturated rings. The number of aromatic nitrogens is 1. The molecule has 2 N–H and O–H groups in total. The van der Waals surface area contributed by atoms with Crippen LogP contribution in [0.4, 0.5) is 0 Å². The van der Waals surface area contributed by atoms with Crippen molar-refractivity contribution < 1.29 is 32.3 Å². The molecular formula is C31H38N2O7S. The minimum Gasteiger partial charge on any atom is -0.461 e. The number of aromatic amines is 1. The van der Waals surface area contributed by atoms with Crippen LogP contribution in [0.1, 0.15) is 73.9 Å². The average Bonchev–Trinajstić information content (AvgIpc) is 3.34. The van der Waals surface area contributed by atoms with E-state index >= 15 is 0 Å². The predicted octanol–water partition coefficient (Wildman–Crippen LogP) is 4.90. The number of ether oxygens (including phenoxy) is 2. The number of rotatable bonds is 10. The van der Waals surface area contributed by atoms with Gasteiger partial charge in [-0.25, -0.2) is 13.2 Å². The highest BCUT2D eigenvalue weighted by molar-refractivity contribution is 7.92. The van der Waals surface area contributed by atoms with Crippen LogP contribution in [-0.2, 0) is 35.3 Å². The van der Waals surface area contributed by atoms with Gasteiger partial charge in [-0.2, -0.15) is 0 Å². The van der Waals surface area contributed by atoms with E-state index in [0.717, 1.165) is 5.56 Å². The van der Waals surface area contributed by atoms with Crippen molar-refractivity contribution in [1.29, 1.82) is 0 Å². The molecule has 0 radical (unpaired) electrons. The number of hydrogen-bond acceptors (Lipinski definition) is 7. The third kappa shape index (κ3) is 7.24. The molecule has 1 atom stereocenters. The van der Waals surface area contributed by atoms with Crippen LogP contribution in [0.15, 0.2) is 58.7 Å². The Morgan fingerprint density at radius 3 is 2.32 bits per heavy atom. The zero-order valence-electron chi connectivity index (χ0n) is 24.6. The van der Waals surface area contributed by atoms with Crippen molar-refractivity contribution in [3.8, 4) is 0 Å². The quantitative estimate of drug-likeness (QED) is 0.301. The molecule has 10 heteroatoms. The molecule has 9 nitrogen and oxygen atoms in total. The van der Waals surface area contributed by atoms with E-state index in [0.29, 0.717) is 33.7 Å². The Balaban J connectivity index is 2.06. The SMILES string of the molecule is C=CCOC(=O)CCc1c(C(=O)OC(C)(C)C)[nH]c(/C=C2\NC(=O)C(C)=C2C(C)S(=O)(=O)c2ccc(C)cc2)c1C. The van der Waals surface area contributed by atoms with Crippen molar-refractivity contribution in [3.63, 3.8) is 0 Å². The van der Waals surface area contributed by atoms with Crippen LogP contribution in [0.5, 0.6) is 0 Å². The summed E-state index contributed by atoms with van der Waals surface area (Å²) in [5.41, 5.74) is 2.98. The van der Waals surface area contributed by atoms with Crippen LogP contribution in [-0.4, -0.2) is 48.7 Å². The number of hydrogen-bond donors (Lipinski definition) is 2. The minimum absolute atomic E-state index is 0.0190. The Morgan fingerprint density at radius 2 is 1.73 bits per heavy atom. The van der Waals surface area contributed by atoms with E-state index in [1.807, 2.05) is 6.92 Å². The first kappa shape index (κ1) is 31.6. The van der Waals surface area contributed by atoms with Crippen LogP contribution in [0.2, 0.25) is 0 Å². The summed E-state index contributed by atoms with van der Waals surface area (Å²) in [6, 6.07) is 6.56. The Labute approximate surface area is 241 Å². The Morgan fingerprint density at radius 1 is 1.10 bits per heavy atom. The monoisotopic (exact) mass is 582 g/mol. The molecule has 1 aliphatic heterocycles. The average molecular weight is 583 g/mol. The van der Waals surface area contributed by atoms with Crippen LogP contribution in [0.25, 0.3) is 6.08 Å². The fraction of sp³-hybridized carbons (Fsp3) is 0.387. The topological polar surface area (TPSA) is 132 Å². The van der Waals surface area contributed by atoms with E-state index in [2.05, 4.69) is 16.9 Å². The first-order chi connectivity index (χ1) is 19.1. The molecule has 1 unspecified atom stereocenters. The second-order valence-corrected chi connectivity index (χ2v) is 13.3. The third-order valence-corrected chi connectivity index (χ3v) is 8.85. The molecule has 3 rings (SSSR count). The lowest BCUT2D eigenvalue weighted by molar-refractivity contribution is -0.142. The highest BCUT2D eigenvalue weighted by atomic mass is 32.2. The second-order valence-electron chi connectivity index (χ2n) is 11.0. The summed E-state index contributed by atoms with van der Waals surface area (Å²) in [6.07, 6.45) is 3.31. The molecule has 1 aliphatic rings. The molecule has 2 heterocycles. The van der Waals surface area contributed by atoms with Crippen molar-refractivity contribution in [2.24, 2.45) is 0 Å². The smallest absolute Gasteiger partial charge is 0.355 e. The van der Waals surface area contributed by atoms with Gasteiger partial charge in [0.05, 0.1) is 10.1 Å². The number of amides is 1. The number of sulfone groups is 1. The molecule has 1 aromatic heterocycles. The van der Waals surface area contributed by atoms with Crippen LogP contribution >= 0.6 is 0 Å². The van der Waals surface area contributed by atoms with Crippen LogP contribution in [0, 0.1) is 13.8 Å². The van der Waals surface area contributed by atoms with Crippen molar-refractivity contribution in [1.82, 2.24) is 10.3 Å². The standard InChI is InChI=1S/C31H38N2O7S/c1-9-16-39-26(34)15-14-23-19(3)24(32-28(23)30(36)40-31(6,7)8)17-25-27(20(4)29(35)33-25)21(5)41(37,38)22-12-10-18(2)11-13-22/h9-13,17,21,32H,1,14-16H2,2-8H3,(H,33,35)/b25-17-. The summed E-state index contributed by atoms with van der Waals surface area (Å²) in [6.45, 7) is 15.6. The van der Waals surface area contributed by atoms with E-state index in [1.54, 1.807) is 71.9 Å². The first-order valence-electron chi connectivity index (χ1n) is 13.3. The van der Waals surface area contributed by atoms with Gasteiger partial charge in [-0.1, -0.05) is 30.4 Å². The first-order valence-corrected chi connectivity index (χ1v) is 14.9. The summed E-state index contributed by atoms with van der Waals surface area (Å²) >= 11 is 0. The summed E-state index contributed by atoms with van der Waals surface area (Å²) < 4.78 is 37.7. The van der Waals surface area contributed by atoms with Crippen molar-refractivity contribution in [2.45, 2.75) is 77.1 Å². The number of benzene rings is 1. The van der Waals surface area contributed by atoms with Gasteiger partial charge in [-0.3, -0.25) is 9.59 Å². The summed E-state index contributed by atoms with van der Waals surface area (Å²) in [5.74, 6) is -1.45. The molecule has 0 bridgehead atoms. The number of carbonyl (C=O) groups is 3. The largest absolute Gasteiger partial charge is 0.461 e. The van der Waals surface area contributed by atoms with E-state index in [4.69, 9.17) is 9.47 Å². The van der Waals surface area contributed by atoms with Gasteiger partial charge in [-0.15, -0.1) is 0 Å². The Bertz CT molecular complexity index is 1540. The molecular weight excluding hydrogens is 544 g/mol. The third-order valence-electron chi connectivity index (χ3n) is 6.76. The number of esters is 2. The number of nitrogens with one attached hydrogen (secondary N) is 2. The summed E-state index contributed by atoms with van der Waals surface area (Å²) in [4.78, 5) is 41.3. The Hall–Kier alpha value is -3.92. The lowest BCUT2D eigenvalue weighted by atomic mass is 10.0. The number of allylic oxidation sites excluding steroid dienone is 1. The lowest BCUT2D eigenvalue weighted by Gasteiger charge is -2.19. The fourth-order valence-electron chi connectivity index (χ4n) is 4.54. The molecule has 220 valence electrons. The minimum atomic E-state index is -3.83. The highest BCUT2D eigenvalue weighted by Gasteiger charge is 2.36. The normalized spacial score (nSPS) is 15.6. The van der Waals surface area contributed by atoms with E-state index in [1.165, 1.54) is 6.08 Å². The molecule has 1 amide bonds. The van der Waals surface area contributed by atoms with E-state index in [-0.39, 0.29) is 30.0 Å². The van der Waals surface area contributed by atoms with Gasteiger partial charge in [0.1, 0.15) is 17.9 Å². The maximum atomic E-state index is 13.5. The van der Waals surface area contributed by atoms with Crippen molar-refractivity contribution >= 4 is 33.8 Å². The fourth-order valence-corrected chi connectivity index (χ4v) is 6.08. The lowest BCUT2D eigenvalue weighted by Crippen LogP contribution is -2.25. The summed E-state index contributed by atoms with van der Waals surface area (Å²) in [5, 5.41) is 1.74. The van der Waals surface area contributed by atoms with Gasteiger partial charge in [0.2, 0.25) is 0 Å². The zero-order chi connectivity index (χ0) is 30.7. The van der Waals surface area contributed by atoms with Gasteiger partial charge in [0, 0.05) is 29.0 Å². The zero-order valence-corrected chi connectivity index (χ0v) is 25.5. The molecule has 0 saturated heterocycles. The predicted molar refractivity (Wildman–Crippen MR) is 157 cm³/mol. The molecule has 0 saturated carbocycles. The maximum Gasteiger partial charge on any atom is 0.355 e. The van der Waals surface area contributed by atoms with Gasteiger partial charge in [-0.05, 0) is 84.2 Å². The second kappa shape index (κ2) is 12.3.